The first-order valence-electron chi connectivity index (χ1n) is 3.70. The summed E-state index contributed by atoms with van der Waals surface area (Å²) in [5.74, 6) is -0.453. The summed E-state index contributed by atoms with van der Waals surface area (Å²) in [6.45, 7) is 0.283. The lowest BCUT2D eigenvalue weighted by Crippen LogP contribution is -2.17. The highest BCUT2D eigenvalue weighted by molar-refractivity contribution is 6.30. The topological polar surface area (TPSA) is 48.1 Å². The Kier molecular flexibility index (Phi) is 3.59. The van der Waals surface area contributed by atoms with Crippen molar-refractivity contribution in [3.8, 4) is 0 Å². The van der Waals surface area contributed by atoms with Gasteiger partial charge in [0, 0.05) is 12.7 Å². The monoisotopic (exact) mass is 204 g/mol. The van der Waals surface area contributed by atoms with Crippen LogP contribution in [-0.4, -0.2) is 18.7 Å². The molecule has 0 unspecified atom stereocenters. The van der Waals surface area contributed by atoms with Crippen molar-refractivity contribution >= 4 is 11.6 Å². The van der Waals surface area contributed by atoms with Crippen LogP contribution >= 0.6 is 11.6 Å². The third-order valence-electron chi connectivity index (χ3n) is 1.58. The minimum absolute atomic E-state index is 0.214. The van der Waals surface area contributed by atoms with Gasteiger partial charge in [0.2, 0.25) is 0 Å². The van der Waals surface area contributed by atoms with E-state index in [-0.39, 0.29) is 11.8 Å². The fourth-order valence-corrected chi connectivity index (χ4v) is 1.21. The number of nitrogens with two attached hydrogens (primary N) is 1. The normalized spacial score (nSPS) is 12.9. The second-order valence-corrected chi connectivity index (χ2v) is 2.95. The molecule has 0 aromatic carbocycles. The van der Waals surface area contributed by atoms with E-state index in [9.17, 15) is 4.39 Å². The van der Waals surface area contributed by atoms with E-state index in [0.29, 0.717) is 5.56 Å². The van der Waals surface area contributed by atoms with Gasteiger partial charge in [-0.25, -0.2) is 9.37 Å². The van der Waals surface area contributed by atoms with Crippen LogP contribution in [0.4, 0.5) is 4.39 Å². The summed E-state index contributed by atoms with van der Waals surface area (Å²) < 4.78 is 17.5. The van der Waals surface area contributed by atoms with E-state index in [4.69, 9.17) is 22.1 Å². The minimum Gasteiger partial charge on any atom is -0.383 e. The summed E-state index contributed by atoms with van der Waals surface area (Å²) in [6, 6.07) is 0.819. The van der Waals surface area contributed by atoms with E-state index in [0.717, 1.165) is 6.20 Å². The van der Waals surface area contributed by atoms with Crippen molar-refractivity contribution in [2.45, 2.75) is 6.04 Å². The third kappa shape index (κ3) is 2.62. The van der Waals surface area contributed by atoms with E-state index < -0.39 is 11.9 Å². The summed E-state index contributed by atoms with van der Waals surface area (Å²) in [5.41, 5.74) is 6.12. The predicted molar refractivity (Wildman–Crippen MR) is 48.0 cm³/mol. The molecular weight excluding hydrogens is 195 g/mol. The van der Waals surface area contributed by atoms with Crippen LogP contribution in [0, 0.1) is 5.82 Å². The summed E-state index contributed by atoms with van der Waals surface area (Å²) in [4.78, 5) is 3.64. The Morgan fingerprint density at radius 2 is 2.46 bits per heavy atom. The van der Waals surface area contributed by atoms with Gasteiger partial charge in [0.05, 0.1) is 18.8 Å². The van der Waals surface area contributed by atoms with E-state index in [1.165, 1.54) is 13.2 Å². The minimum atomic E-state index is -0.453. The van der Waals surface area contributed by atoms with Gasteiger partial charge < -0.3 is 10.5 Å². The molecule has 72 valence electrons. The lowest BCUT2D eigenvalue weighted by molar-refractivity contribution is 0.180. The standard InChI is InChI=1S/C8H10ClFN2O/c1-13-4-7(11)6-2-5(10)3-12-8(6)9/h2-3,7H,4,11H2,1H3/t7-/m0/s1. The fraction of sp³-hybridized carbons (Fsp3) is 0.375. The van der Waals surface area contributed by atoms with Gasteiger partial charge in [0.15, 0.2) is 0 Å². The van der Waals surface area contributed by atoms with E-state index in [1.807, 2.05) is 0 Å². The molecule has 0 aliphatic carbocycles. The third-order valence-corrected chi connectivity index (χ3v) is 1.89. The van der Waals surface area contributed by atoms with Crippen molar-refractivity contribution in [1.29, 1.82) is 0 Å². The molecule has 0 aliphatic rings. The smallest absolute Gasteiger partial charge is 0.141 e. The number of halogens is 2. The molecule has 0 amide bonds. The first kappa shape index (κ1) is 10.4. The molecule has 0 bridgehead atoms. The van der Waals surface area contributed by atoms with E-state index >= 15 is 0 Å². The Balaban J connectivity index is 2.91. The van der Waals surface area contributed by atoms with Crippen LogP contribution in [0.15, 0.2) is 12.3 Å². The predicted octanol–water partition coefficient (Wildman–Crippen LogP) is 1.52. The van der Waals surface area contributed by atoms with Gasteiger partial charge >= 0.3 is 0 Å². The molecule has 0 aliphatic heterocycles. The highest BCUT2D eigenvalue weighted by Crippen LogP contribution is 2.19. The van der Waals surface area contributed by atoms with Crippen molar-refractivity contribution in [3.63, 3.8) is 0 Å². The highest BCUT2D eigenvalue weighted by Gasteiger charge is 2.11. The number of rotatable bonds is 3. The molecular formula is C8H10ClFN2O. The molecule has 1 rings (SSSR count). The lowest BCUT2D eigenvalue weighted by atomic mass is 10.1. The maximum Gasteiger partial charge on any atom is 0.141 e. The van der Waals surface area contributed by atoms with Crippen LogP contribution in [0.2, 0.25) is 5.15 Å². The molecule has 13 heavy (non-hydrogen) atoms. The molecule has 0 saturated carbocycles. The average molecular weight is 205 g/mol. The van der Waals surface area contributed by atoms with Gasteiger partial charge in [0.25, 0.3) is 0 Å². The van der Waals surface area contributed by atoms with Crippen LogP contribution < -0.4 is 5.73 Å². The van der Waals surface area contributed by atoms with Crippen molar-refractivity contribution in [2.75, 3.05) is 13.7 Å². The lowest BCUT2D eigenvalue weighted by Gasteiger charge is -2.11. The second-order valence-electron chi connectivity index (χ2n) is 2.60. The molecule has 0 saturated heterocycles. The van der Waals surface area contributed by atoms with E-state index in [2.05, 4.69) is 4.98 Å². The number of methoxy groups -OCH3 is 1. The van der Waals surface area contributed by atoms with Gasteiger partial charge in [-0.3, -0.25) is 0 Å². The van der Waals surface area contributed by atoms with Crippen LogP contribution in [0.3, 0.4) is 0 Å². The van der Waals surface area contributed by atoms with E-state index in [1.54, 1.807) is 0 Å². The van der Waals surface area contributed by atoms with Gasteiger partial charge in [0.1, 0.15) is 11.0 Å². The van der Waals surface area contributed by atoms with Crippen LogP contribution in [-0.2, 0) is 4.74 Å². The number of hydrogen-bond acceptors (Lipinski definition) is 3. The van der Waals surface area contributed by atoms with Gasteiger partial charge in [-0.2, -0.15) is 0 Å². The maximum atomic E-state index is 12.7. The van der Waals surface area contributed by atoms with Crippen LogP contribution in [0.5, 0.6) is 0 Å². The largest absolute Gasteiger partial charge is 0.383 e. The van der Waals surface area contributed by atoms with Crippen molar-refractivity contribution in [1.82, 2.24) is 4.98 Å². The number of pyridine rings is 1. The SMILES string of the molecule is COC[C@H](N)c1cc(F)cnc1Cl. The molecule has 1 atom stereocenters. The first-order valence-corrected chi connectivity index (χ1v) is 4.08. The van der Waals surface area contributed by atoms with Crippen molar-refractivity contribution < 1.29 is 9.13 Å². The Labute approximate surface area is 80.7 Å². The van der Waals surface area contributed by atoms with Crippen molar-refractivity contribution in [3.05, 3.63) is 28.8 Å². The van der Waals surface area contributed by atoms with Gasteiger partial charge in [-0.05, 0) is 6.07 Å². The zero-order chi connectivity index (χ0) is 9.84. The van der Waals surface area contributed by atoms with Gasteiger partial charge in [-0.15, -0.1) is 0 Å². The maximum absolute atomic E-state index is 12.7. The molecule has 1 aromatic rings. The number of aromatic nitrogens is 1. The molecule has 0 fully saturated rings. The number of nitrogens with zero attached hydrogens (tertiary/aromatic N) is 1. The highest BCUT2D eigenvalue weighted by atomic mass is 35.5. The molecule has 0 radical (unpaired) electrons. The van der Waals surface area contributed by atoms with Crippen LogP contribution in [0.1, 0.15) is 11.6 Å². The molecule has 3 nitrogen and oxygen atoms in total. The fourth-order valence-electron chi connectivity index (χ4n) is 0.968. The molecule has 1 aromatic heterocycles. The van der Waals surface area contributed by atoms with Gasteiger partial charge in [-0.1, -0.05) is 11.6 Å². The number of ether oxygens (including phenoxy) is 1. The van der Waals surface area contributed by atoms with Crippen molar-refractivity contribution in [2.24, 2.45) is 5.73 Å². The zero-order valence-electron chi connectivity index (χ0n) is 7.13. The Morgan fingerprint density at radius 1 is 1.77 bits per heavy atom. The summed E-state index contributed by atoms with van der Waals surface area (Å²) >= 11 is 5.71. The zero-order valence-corrected chi connectivity index (χ0v) is 7.88. The quantitative estimate of drug-likeness (QED) is 0.760. The summed E-state index contributed by atoms with van der Waals surface area (Å²) in [6.07, 6.45) is 1.05. The second kappa shape index (κ2) is 4.50. The molecule has 1 heterocycles. The van der Waals surface area contributed by atoms with Crippen LogP contribution in [0.25, 0.3) is 0 Å². The number of hydrogen-bond donors (Lipinski definition) is 1. The molecule has 0 spiro atoms. The Hall–Kier alpha value is -0.710. The Bertz CT molecular complexity index is 295. The molecule has 5 heteroatoms. The summed E-state index contributed by atoms with van der Waals surface area (Å²) in [7, 11) is 1.51. The average Bonchev–Trinajstić information content (AvgIpc) is 2.09. The Morgan fingerprint density at radius 3 is 3.08 bits per heavy atom. The first-order chi connectivity index (χ1) is 6.15. The summed E-state index contributed by atoms with van der Waals surface area (Å²) in [5, 5.41) is 0.214. The molecule has 2 N–H and O–H groups in total.